The Bertz CT molecular complexity index is 863. The second-order valence-corrected chi connectivity index (χ2v) is 7.18. The Hall–Kier alpha value is -2.10. The summed E-state index contributed by atoms with van der Waals surface area (Å²) in [7, 11) is 0. The molecule has 4 nitrogen and oxygen atoms in total. The van der Waals surface area contributed by atoms with Gasteiger partial charge < -0.3 is 9.47 Å². The van der Waals surface area contributed by atoms with Crippen molar-refractivity contribution in [3.63, 3.8) is 0 Å². The lowest BCUT2D eigenvalue weighted by Gasteiger charge is -2.23. The third kappa shape index (κ3) is 3.29. The van der Waals surface area contributed by atoms with Crippen LogP contribution in [0.2, 0.25) is 0 Å². The monoisotopic (exact) mass is 354 g/mol. The van der Waals surface area contributed by atoms with Crippen LogP contribution in [0, 0.1) is 0 Å². The summed E-state index contributed by atoms with van der Waals surface area (Å²) in [6.07, 6.45) is 6.06. The van der Waals surface area contributed by atoms with Gasteiger partial charge in [0.25, 0.3) is 11.5 Å². The van der Waals surface area contributed by atoms with E-state index in [4.69, 9.17) is 0 Å². The number of fused-ring (bicyclic) bond motifs is 3. The fraction of sp³-hybridized carbons (Fsp3) is 0.545. The number of aryl methyl sites for hydroxylation is 2. The summed E-state index contributed by atoms with van der Waals surface area (Å²) in [5, 5.41) is 1.11. The molecular weight excluding hydrogens is 324 g/mol. The molecule has 2 aromatic rings. The Balaban J connectivity index is 2.20. The second kappa shape index (κ2) is 8.07. The minimum atomic E-state index is 0.0766. The van der Waals surface area contributed by atoms with Crippen molar-refractivity contribution >= 4 is 16.8 Å². The Kier molecular flexibility index (Phi) is 5.80. The van der Waals surface area contributed by atoms with Gasteiger partial charge in [-0.3, -0.25) is 9.59 Å². The van der Waals surface area contributed by atoms with Gasteiger partial charge in [-0.25, -0.2) is 0 Å². The molecule has 0 saturated carbocycles. The van der Waals surface area contributed by atoms with Crippen LogP contribution in [-0.4, -0.2) is 28.5 Å². The van der Waals surface area contributed by atoms with Crippen molar-refractivity contribution < 1.29 is 4.79 Å². The van der Waals surface area contributed by atoms with E-state index in [9.17, 15) is 9.59 Å². The first-order chi connectivity index (χ1) is 12.6. The van der Waals surface area contributed by atoms with Crippen molar-refractivity contribution in [3.05, 3.63) is 45.2 Å². The molecule has 1 aromatic heterocycles. The molecule has 4 heteroatoms. The van der Waals surface area contributed by atoms with Gasteiger partial charge in [0, 0.05) is 36.1 Å². The smallest absolute Gasteiger partial charge is 0.254 e. The van der Waals surface area contributed by atoms with E-state index in [1.165, 1.54) is 5.56 Å². The average molecular weight is 354 g/mol. The maximum absolute atomic E-state index is 13.0. The zero-order valence-electron chi connectivity index (χ0n) is 16.3. The highest BCUT2D eigenvalue weighted by molar-refractivity contribution is 5.99. The summed E-state index contributed by atoms with van der Waals surface area (Å²) in [6.45, 7) is 8.33. The van der Waals surface area contributed by atoms with E-state index in [0.717, 1.165) is 67.1 Å². The summed E-state index contributed by atoms with van der Waals surface area (Å²) in [5.41, 5.74) is 4.06. The zero-order chi connectivity index (χ0) is 18.7. The van der Waals surface area contributed by atoms with Gasteiger partial charge >= 0.3 is 0 Å². The van der Waals surface area contributed by atoms with Crippen molar-refractivity contribution in [2.75, 3.05) is 13.1 Å². The molecule has 0 atom stereocenters. The maximum atomic E-state index is 13.0. The minimum Gasteiger partial charge on any atom is -0.339 e. The largest absolute Gasteiger partial charge is 0.339 e. The van der Waals surface area contributed by atoms with Crippen molar-refractivity contribution in [2.45, 2.75) is 65.8 Å². The molecule has 0 aliphatic heterocycles. The number of carbonyl (C=O) groups is 1. The van der Waals surface area contributed by atoms with E-state index in [2.05, 4.69) is 6.92 Å². The van der Waals surface area contributed by atoms with Crippen LogP contribution in [0.25, 0.3) is 10.9 Å². The number of nitrogens with zero attached hydrogens (tertiary/aromatic N) is 2. The molecule has 0 fully saturated rings. The molecule has 1 aliphatic rings. The number of carbonyl (C=O) groups excluding carboxylic acids is 1. The fourth-order valence-electron chi connectivity index (χ4n) is 4.09. The van der Waals surface area contributed by atoms with E-state index in [0.29, 0.717) is 13.1 Å². The first kappa shape index (κ1) is 18.7. The van der Waals surface area contributed by atoms with Crippen LogP contribution in [0.1, 0.15) is 67.9 Å². The van der Waals surface area contributed by atoms with E-state index >= 15 is 0 Å². The van der Waals surface area contributed by atoms with Crippen LogP contribution in [0.15, 0.2) is 23.0 Å². The number of rotatable bonds is 6. The molecule has 0 radical (unpaired) electrons. The summed E-state index contributed by atoms with van der Waals surface area (Å²) in [5.74, 6) is 0.0766. The van der Waals surface area contributed by atoms with E-state index in [-0.39, 0.29) is 11.5 Å². The number of hydrogen-bond acceptors (Lipinski definition) is 2. The van der Waals surface area contributed by atoms with Crippen LogP contribution in [0.5, 0.6) is 0 Å². The Labute approximate surface area is 155 Å². The van der Waals surface area contributed by atoms with Gasteiger partial charge in [-0.15, -0.1) is 0 Å². The van der Waals surface area contributed by atoms with Gasteiger partial charge in [-0.05, 0) is 69.7 Å². The highest BCUT2D eigenvalue weighted by atomic mass is 16.2. The molecule has 3 rings (SSSR count). The number of pyridine rings is 1. The molecule has 0 bridgehead atoms. The van der Waals surface area contributed by atoms with E-state index < -0.39 is 0 Å². The quantitative estimate of drug-likeness (QED) is 0.781. The predicted molar refractivity (Wildman–Crippen MR) is 107 cm³/mol. The topological polar surface area (TPSA) is 42.3 Å². The van der Waals surface area contributed by atoms with Gasteiger partial charge in [-0.1, -0.05) is 13.3 Å². The molecule has 140 valence electrons. The first-order valence-electron chi connectivity index (χ1n) is 10.1. The standard InChI is InChI=1S/C22H30N2O2/c1-4-7-14-24-20-13-12-16(21(25)23(5-2)6-3)15-19(20)17-10-8-9-11-18(17)22(24)26/h12-13,15H,4-11,14H2,1-3H3. The number of hydrogen-bond donors (Lipinski definition) is 0. The number of aromatic nitrogens is 1. The average Bonchev–Trinajstić information content (AvgIpc) is 2.68. The SMILES string of the molecule is CCCCn1c(=O)c2c(c3cc(C(=O)N(CC)CC)ccc31)CCCC2. The van der Waals surface area contributed by atoms with Gasteiger partial charge in [0.15, 0.2) is 0 Å². The molecular formula is C22H30N2O2. The van der Waals surface area contributed by atoms with Crippen molar-refractivity contribution in [2.24, 2.45) is 0 Å². The van der Waals surface area contributed by atoms with Crippen molar-refractivity contribution in [1.29, 1.82) is 0 Å². The predicted octanol–water partition coefficient (Wildman–Crippen LogP) is 4.16. The Morgan fingerprint density at radius 3 is 2.42 bits per heavy atom. The van der Waals surface area contributed by atoms with Gasteiger partial charge in [0.1, 0.15) is 0 Å². The summed E-state index contributed by atoms with van der Waals surface area (Å²) in [4.78, 5) is 27.7. The molecule has 0 spiro atoms. The first-order valence-corrected chi connectivity index (χ1v) is 10.1. The molecule has 1 amide bonds. The molecule has 1 aliphatic carbocycles. The Morgan fingerprint density at radius 2 is 1.77 bits per heavy atom. The van der Waals surface area contributed by atoms with Crippen LogP contribution in [0.4, 0.5) is 0 Å². The van der Waals surface area contributed by atoms with Gasteiger partial charge in [0.2, 0.25) is 0 Å². The lowest BCUT2D eigenvalue weighted by molar-refractivity contribution is 0.0773. The van der Waals surface area contributed by atoms with Gasteiger partial charge in [-0.2, -0.15) is 0 Å². The normalized spacial score (nSPS) is 13.7. The van der Waals surface area contributed by atoms with Crippen LogP contribution in [-0.2, 0) is 19.4 Å². The lowest BCUT2D eigenvalue weighted by atomic mass is 9.89. The zero-order valence-corrected chi connectivity index (χ0v) is 16.3. The van der Waals surface area contributed by atoms with Crippen LogP contribution >= 0.6 is 0 Å². The highest BCUT2D eigenvalue weighted by Crippen LogP contribution is 2.28. The van der Waals surface area contributed by atoms with E-state index in [1.54, 1.807) is 0 Å². The summed E-state index contributed by atoms with van der Waals surface area (Å²) in [6, 6.07) is 5.90. The second-order valence-electron chi connectivity index (χ2n) is 7.18. The van der Waals surface area contributed by atoms with Gasteiger partial charge in [0.05, 0.1) is 5.52 Å². The highest BCUT2D eigenvalue weighted by Gasteiger charge is 2.21. The van der Waals surface area contributed by atoms with Crippen molar-refractivity contribution in [3.8, 4) is 0 Å². The third-order valence-corrected chi connectivity index (χ3v) is 5.62. The third-order valence-electron chi connectivity index (χ3n) is 5.62. The van der Waals surface area contributed by atoms with Crippen LogP contribution in [0.3, 0.4) is 0 Å². The fourth-order valence-corrected chi connectivity index (χ4v) is 4.09. The molecule has 26 heavy (non-hydrogen) atoms. The number of unbranched alkanes of at least 4 members (excludes halogenated alkanes) is 1. The molecule has 0 saturated heterocycles. The Morgan fingerprint density at radius 1 is 1.08 bits per heavy atom. The summed E-state index contributed by atoms with van der Waals surface area (Å²) < 4.78 is 1.94. The summed E-state index contributed by atoms with van der Waals surface area (Å²) >= 11 is 0. The minimum absolute atomic E-state index is 0.0766. The van der Waals surface area contributed by atoms with Crippen LogP contribution < -0.4 is 5.56 Å². The number of benzene rings is 1. The molecule has 0 N–H and O–H groups in total. The van der Waals surface area contributed by atoms with Crippen molar-refractivity contribution in [1.82, 2.24) is 9.47 Å². The molecule has 1 heterocycles. The molecule has 0 unspecified atom stereocenters. The molecule has 1 aromatic carbocycles. The van der Waals surface area contributed by atoms with E-state index in [1.807, 2.05) is 41.5 Å². The number of amides is 1. The lowest BCUT2D eigenvalue weighted by Crippen LogP contribution is -2.31. The maximum Gasteiger partial charge on any atom is 0.254 e.